The van der Waals surface area contributed by atoms with Crippen LogP contribution in [0.2, 0.25) is 0 Å². The second-order valence-corrected chi connectivity index (χ2v) is 4.30. The Morgan fingerprint density at radius 3 is 2.61 bits per heavy atom. The highest BCUT2D eigenvalue weighted by atomic mass is 16.1. The zero-order valence-electron chi connectivity index (χ0n) is 10.7. The molecule has 0 saturated heterocycles. The van der Waals surface area contributed by atoms with Gasteiger partial charge in [0, 0.05) is 5.69 Å². The van der Waals surface area contributed by atoms with E-state index in [1.807, 2.05) is 32.9 Å². The zero-order chi connectivity index (χ0) is 13.3. The van der Waals surface area contributed by atoms with Gasteiger partial charge in [0.2, 0.25) is 0 Å². The lowest BCUT2D eigenvalue weighted by Gasteiger charge is -2.10. The van der Waals surface area contributed by atoms with Gasteiger partial charge in [0.15, 0.2) is 0 Å². The molecule has 0 bridgehead atoms. The first-order chi connectivity index (χ1) is 8.50. The molecule has 4 N–H and O–H groups in total. The Kier molecular flexibility index (Phi) is 3.06. The number of nitrogen functional groups attached to an aromatic ring is 1. The molecule has 0 fully saturated rings. The first-order valence-electron chi connectivity index (χ1n) is 5.68. The molecule has 2 rings (SSSR count). The Labute approximate surface area is 105 Å². The largest absolute Gasteiger partial charge is 0.398 e. The monoisotopic (exact) mass is 244 g/mol. The van der Waals surface area contributed by atoms with Crippen molar-refractivity contribution < 1.29 is 4.79 Å². The number of aromatic amines is 1. The van der Waals surface area contributed by atoms with Gasteiger partial charge in [-0.3, -0.25) is 9.89 Å². The van der Waals surface area contributed by atoms with E-state index in [0.717, 1.165) is 17.0 Å². The standard InChI is InChI=1S/C13H16N4O/c1-7-5-4-6-10(14)11(7)13(18)15-12-8(2)16-17-9(12)3/h4-6H,14H2,1-3H3,(H,15,18)(H,16,17). The second-order valence-electron chi connectivity index (χ2n) is 4.30. The van der Waals surface area contributed by atoms with E-state index in [9.17, 15) is 4.79 Å². The minimum Gasteiger partial charge on any atom is -0.398 e. The summed E-state index contributed by atoms with van der Waals surface area (Å²) in [5.74, 6) is -0.210. The predicted molar refractivity (Wildman–Crippen MR) is 71.6 cm³/mol. The number of nitrogens with zero attached hydrogens (tertiary/aromatic N) is 1. The first kappa shape index (κ1) is 12.2. The van der Waals surface area contributed by atoms with Gasteiger partial charge in [-0.1, -0.05) is 12.1 Å². The summed E-state index contributed by atoms with van der Waals surface area (Å²) >= 11 is 0. The van der Waals surface area contributed by atoms with Crippen LogP contribution in [-0.2, 0) is 0 Å². The molecular formula is C13H16N4O. The van der Waals surface area contributed by atoms with Crippen LogP contribution < -0.4 is 11.1 Å². The number of anilines is 2. The third-order valence-electron chi connectivity index (χ3n) is 2.90. The van der Waals surface area contributed by atoms with Crippen LogP contribution in [0.1, 0.15) is 27.3 Å². The van der Waals surface area contributed by atoms with Crippen molar-refractivity contribution in [3.63, 3.8) is 0 Å². The van der Waals surface area contributed by atoms with Crippen molar-refractivity contribution in [2.24, 2.45) is 0 Å². The average Bonchev–Trinajstić information content (AvgIpc) is 2.60. The fourth-order valence-electron chi connectivity index (χ4n) is 1.91. The Morgan fingerprint density at radius 2 is 2.06 bits per heavy atom. The van der Waals surface area contributed by atoms with Crippen LogP contribution in [-0.4, -0.2) is 16.1 Å². The summed E-state index contributed by atoms with van der Waals surface area (Å²) in [5.41, 5.74) is 9.98. The molecule has 1 aromatic carbocycles. The molecule has 18 heavy (non-hydrogen) atoms. The molecule has 0 radical (unpaired) electrons. The van der Waals surface area contributed by atoms with E-state index in [2.05, 4.69) is 15.5 Å². The summed E-state index contributed by atoms with van der Waals surface area (Å²) in [6.45, 7) is 5.55. The molecule has 0 unspecified atom stereocenters. The van der Waals surface area contributed by atoms with E-state index < -0.39 is 0 Å². The minimum atomic E-state index is -0.210. The van der Waals surface area contributed by atoms with E-state index in [4.69, 9.17) is 5.73 Å². The third kappa shape index (κ3) is 2.07. The Bertz CT molecular complexity index is 561. The van der Waals surface area contributed by atoms with Crippen LogP contribution in [0.25, 0.3) is 0 Å². The summed E-state index contributed by atoms with van der Waals surface area (Å²) in [5, 5.41) is 9.71. The SMILES string of the molecule is Cc1cccc(N)c1C(=O)Nc1c(C)n[nH]c1C. The number of hydrogen-bond donors (Lipinski definition) is 3. The highest BCUT2D eigenvalue weighted by Gasteiger charge is 2.15. The summed E-state index contributed by atoms with van der Waals surface area (Å²) in [6.07, 6.45) is 0. The van der Waals surface area contributed by atoms with Gasteiger partial charge in [-0.15, -0.1) is 0 Å². The number of H-pyrrole nitrogens is 1. The molecule has 0 aliphatic rings. The van der Waals surface area contributed by atoms with Crippen LogP contribution in [0.5, 0.6) is 0 Å². The topological polar surface area (TPSA) is 83.8 Å². The van der Waals surface area contributed by atoms with Crippen molar-refractivity contribution >= 4 is 17.3 Å². The molecule has 94 valence electrons. The lowest BCUT2D eigenvalue weighted by molar-refractivity contribution is 0.102. The molecule has 1 aromatic heterocycles. The van der Waals surface area contributed by atoms with E-state index in [-0.39, 0.29) is 5.91 Å². The van der Waals surface area contributed by atoms with Crippen molar-refractivity contribution in [2.45, 2.75) is 20.8 Å². The molecule has 1 heterocycles. The van der Waals surface area contributed by atoms with Crippen molar-refractivity contribution in [3.8, 4) is 0 Å². The van der Waals surface area contributed by atoms with Crippen LogP contribution >= 0.6 is 0 Å². The van der Waals surface area contributed by atoms with Crippen LogP contribution in [0.4, 0.5) is 11.4 Å². The summed E-state index contributed by atoms with van der Waals surface area (Å²) < 4.78 is 0. The molecule has 2 aromatic rings. The van der Waals surface area contributed by atoms with Crippen molar-refractivity contribution in [1.29, 1.82) is 0 Å². The quantitative estimate of drug-likeness (QED) is 0.708. The number of aromatic nitrogens is 2. The van der Waals surface area contributed by atoms with Gasteiger partial charge in [-0.2, -0.15) is 5.10 Å². The molecule has 5 nitrogen and oxygen atoms in total. The van der Waals surface area contributed by atoms with Gasteiger partial charge in [0.05, 0.1) is 22.6 Å². The number of carbonyl (C=O) groups excluding carboxylic acids is 1. The van der Waals surface area contributed by atoms with Crippen LogP contribution in [0.15, 0.2) is 18.2 Å². The number of carbonyl (C=O) groups is 1. The van der Waals surface area contributed by atoms with E-state index in [0.29, 0.717) is 16.9 Å². The van der Waals surface area contributed by atoms with Gasteiger partial charge in [0.1, 0.15) is 0 Å². The van der Waals surface area contributed by atoms with Crippen molar-refractivity contribution in [2.75, 3.05) is 11.1 Å². The van der Waals surface area contributed by atoms with E-state index in [1.54, 1.807) is 6.07 Å². The number of hydrogen-bond acceptors (Lipinski definition) is 3. The van der Waals surface area contributed by atoms with Gasteiger partial charge < -0.3 is 11.1 Å². The number of rotatable bonds is 2. The van der Waals surface area contributed by atoms with Gasteiger partial charge in [-0.25, -0.2) is 0 Å². The smallest absolute Gasteiger partial charge is 0.258 e. The molecule has 0 atom stereocenters. The van der Waals surface area contributed by atoms with Crippen LogP contribution in [0.3, 0.4) is 0 Å². The molecule has 1 amide bonds. The van der Waals surface area contributed by atoms with E-state index >= 15 is 0 Å². The summed E-state index contributed by atoms with van der Waals surface area (Å²) in [7, 11) is 0. The fourth-order valence-corrected chi connectivity index (χ4v) is 1.91. The van der Waals surface area contributed by atoms with Crippen molar-refractivity contribution in [3.05, 3.63) is 40.7 Å². The first-order valence-corrected chi connectivity index (χ1v) is 5.68. The average molecular weight is 244 g/mol. The molecule has 0 saturated carbocycles. The normalized spacial score (nSPS) is 10.4. The van der Waals surface area contributed by atoms with Gasteiger partial charge in [-0.05, 0) is 32.4 Å². The lowest BCUT2D eigenvalue weighted by Crippen LogP contribution is -2.16. The third-order valence-corrected chi connectivity index (χ3v) is 2.90. The fraction of sp³-hybridized carbons (Fsp3) is 0.231. The Morgan fingerprint density at radius 1 is 1.33 bits per heavy atom. The molecular weight excluding hydrogens is 228 g/mol. The van der Waals surface area contributed by atoms with Crippen molar-refractivity contribution in [1.82, 2.24) is 10.2 Å². The van der Waals surface area contributed by atoms with Gasteiger partial charge in [0.25, 0.3) is 5.91 Å². The minimum absolute atomic E-state index is 0.210. The number of nitrogens with two attached hydrogens (primary N) is 1. The highest BCUT2D eigenvalue weighted by molar-refractivity contribution is 6.09. The zero-order valence-corrected chi connectivity index (χ0v) is 10.7. The van der Waals surface area contributed by atoms with E-state index in [1.165, 1.54) is 0 Å². The Hall–Kier alpha value is -2.30. The Balaban J connectivity index is 2.34. The highest BCUT2D eigenvalue weighted by Crippen LogP contribution is 2.21. The molecule has 0 aliphatic carbocycles. The second kappa shape index (κ2) is 4.52. The number of benzene rings is 1. The molecule has 5 heteroatoms. The van der Waals surface area contributed by atoms with Crippen LogP contribution in [0, 0.1) is 20.8 Å². The lowest BCUT2D eigenvalue weighted by atomic mass is 10.1. The van der Waals surface area contributed by atoms with Gasteiger partial charge >= 0.3 is 0 Å². The molecule has 0 spiro atoms. The maximum Gasteiger partial charge on any atom is 0.258 e. The number of amides is 1. The maximum atomic E-state index is 12.2. The number of nitrogens with one attached hydrogen (secondary N) is 2. The maximum absolute atomic E-state index is 12.2. The summed E-state index contributed by atoms with van der Waals surface area (Å²) in [4.78, 5) is 12.2. The summed E-state index contributed by atoms with van der Waals surface area (Å²) in [6, 6.07) is 5.41. The number of aryl methyl sites for hydroxylation is 3. The predicted octanol–water partition coefficient (Wildman–Crippen LogP) is 2.17. The molecule has 0 aliphatic heterocycles.